The van der Waals surface area contributed by atoms with E-state index in [2.05, 4.69) is 16.0 Å². The van der Waals surface area contributed by atoms with E-state index in [0.29, 0.717) is 5.56 Å². The minimum atomic E-state index is -1.26. The summed E-state index contributed by atoms with van der Waals surface area (Å²) >= 11 is 0. The molecule has 0 aliphatic rings. The fourth-order valence-corrected chi connectivity index (χ4v) is 2.95. The molecule has 0 radical (unpaired) electrons. The second-order valence-corrected chi connectivity index (χ2v) is 7.24. The third kappa shape index (κ3) is 5.40. The van der Waals surface area contributed by atoms with E-state index in [9.17, 15) is 23.2 Å². The van der Waals surface area contributed by atoms with Crippen molar-refractivity contribution in [2.24, 2.45) is 5.92 Å². The van der Waals surface area contributed by atoms with E-state index in [4.69, 9.17) is 0 Å². The normalized spacial score (nSPS) is 12.8. The Hall–Kier alpha value is -3.29. The van der Waals surface area contributed by atoms with Crippen LogP contribution >= 0.6 is 0 Å². The van der Waals surface area contributed by atoms with E-state index in [1.807, 2.05) is 0 Å². The molecule has 0 aliphatic heterocycles. The monoisotopic (exact) mass is 417 g/mol. The van der Waals surface area contributed by atoms with Gasteiger partial charge in [0, 0.05) is 12.6 Å². The second kappa shape index (κ2) is 9.96. The molecular weight excluding hydrogens is 392 g/mol. The summed E-state index contributed by atoms with van der Waals surface area (Å²) in [5.74, 6) is -4.15. The number of rotatable bonds is 7. The van der Waals surface area contributed by atoms with Crippen LogP contribution in [-0.2, 0) is 9.59 Å². The maximum atomic E-state index is 13.7. The summed E-state index contributed by atoms with van der Waals surface area (Å²) in [7, 11) is 1.36. The molecule has 0 aromatic heterocycles. The summed E-state index contributed by atoms with van der Waals surface area (Å²) in [4.78, 5) is 37.9. The number of benzene rings is 2. The lowest BCUT2D eigenvalue weighted by Crippen LogP contribution is -2.52. The molecule has 2 aromatic carbocycles. The number of halogens is 2. The number of carbonyl (C=O) groups is 3. The molecule has 6 nitrogen and oxygen atoms in total. The van der Waals surface area contributed by atoms with Crippen molar-refractivity contribution in [3.05, 3.63) is 70.8 Å². The van der Waals surface area contributed by atoms with Crippen molar-refractivity contribution in [2.45, 2.75) is 32.9 Å². The number of aryl methyl sites for hydroxylation is 1. The first kappa shape index (κ1) is 23.0. The minimum Gasteiger partial charge on any atom is -0.357 e. The van der Waals surface area contributed by atoms with Crippen molar-refractivity contribution >= 4 is 17.7 Å². The number of amides is 3. The first-order valence-corrected chi connectivity index (χ1v) is 9.49. The van der Waals surface area contributed by atoms with Crippen LogP contribution in [0.3, 0.4) is 0 Å². The molecule has 0 fully saturated rings. The van der Waals surface area contributed by atoms with E-state index in [1.54, 1.807) is 45.0 Å². The molecule has 160 valence electrons. The third-order valence-corrected chi connectivity index (χ3v) is 4.70. The van der Waals surface area contributed by atoms with Gasteiger partial charge in [-0.2, -0.15) is 0 Å². The zero-order valence-corrected chi connectivity index (χ0v) is 17.3. The molecule has 8 heteroatoms. The number of hydrogen-bond acceptors (Lipinski definition) is 3. The summed E-state index contributed by atoms with van der Waals surface area (Å²) < 4.78 is 26.9. The molecule has 0 aliphatic carbocycles. The van der Waals surface area contributed by atoms with Crippen molar-refractivity contribution < 1.29 is 23.2 Å². The van der Waals surface area contributed by atoms with Gasteiger partial charge in [0.2, 0.25) is 11.8 Å². The standard InChI is InChI=1S/C22H25F2N3O3/c1-12(2)18(26-20(28)15-8-6-5-7-13(15)3)22(30)27-19(21(29)25-4)14-9-10-16(23)17(24)11-14/h5-12,18-19H,1-4H3,(H,25,29)(H,26,28)(H,27,30). The van der Waals surface area contributed by atoms with Gasteiger partial charge in [-0.15, -0.1) is 0 Å². The molecule has 0 bridgehead atoms. The SMILES string of the molecule is CNC(=O)C(NC(=O)C(NC(=O)c1ccccc1C)C(C)C)c1ccc(F)c(F)c1. The van der Waals surface area contributed by atoms with Gasteiger partial charge in [0.15, 0.2) is 11.6 Å². The van der Waals surface area contributed by atoms with Crippen molar-refractivity contribution in [3.8, 4) is 0 Å². The fraction of sp³-hybridized carbons (Fsp3) is 0.318. The van der Waals surface area contributed by atoms with Crippen molar-refractivity contribution in [2.75, 3.05) is 7.05 Å². The Morgan fingerprint density at radius 1 is 0.900 bits per heavy atom. The van der Waals surface area contributed by atoms with Gasteiger partial charge in [-0.1, -0.05) is 38.1 Å². The molecule has 0 spiro atoms. The predicted octanol–water partition coefficient (Wildman–Crippen LogP) is 2.63. The quantitative estimate of drug-likeness (QED) is 0.647. The fourth-order valence-electron chi connectivity index (χ4n) is 2.95. The lowest BCUT2D eigenvalue weighted by Gasteiger charge is -2.25. The molecule has 2 aromatic rings. The zero-order chi connectivity index (χ0) is 22.4. The van der Waals surface area contributed by atoms with Gasteiger partial charge in [-0.05, 0) is 42.2 Å². The Labute approximate surface area is 174 Å². The van der Waals surface area contributed by atoms with Crippen molar-refractivity contribution in [3.63, 3.8) is 0 Å². The van der Waals surface area contributed by atoms with Crippen LogP contribution in [0.1, 0.15) is 41.4 Å². The average Bonchev–Trinajstić information content (AvgIpc) is 2.71. The maximum absolute atomic E-state index is 13.7. The van der Waals surface area contributed by atoms with Crippen LogP contribution in [0, 0.1) is 24.5 Å². The van der Waals surface area contributed by atoms with Gasteiger partial charge >= 0.3 is 0 Å². The average molecular weight is 417 g/mol. The van der Waals surface area contributed by atoms with E-state index >= 15 is 0 Å². The van der Waals surface area contributed by atoms with Gasteiger partial charge in [0.25, 0.3) is 5.91 Å². The number of nitrogens with one attached hydrogen (secondary N) is 3. The highest BCUT2D eigenvalue weighted by Crippen LogP contribution is 2.18. The van der Waals surface area contributed by atoms with Gasteiger partial charge in [0.1, 0.15) is 12.1 Å². The zero-order valence-electron chi connectivity index (χ0n) is 17.3. The van der Waals surface area contributed by atoms with Crippen molar-refractivity contribution in [1.29, 1.82) is 0 Å². The molecule has 3 amide bonds. The Bertz CT molecular complexity index is 947. The van der Waals surface area contributed by atoms with E-state index < -0.39 is 41.4 Å². The molecular formula is C22H25F2N3O3. The predicted molar refractivity (Wildman–Crippen MR) is 109 cm³/mol. The highest BCUT2D eigenvalue weighted by atomic mass is 19.2. The van der Waals surface area contributed by atoms with Crippen molar-refractivity contribution in [1.82, 2.24) is 16.0 Å². The smallest absolute Gasteiger partial charge is 0.252 e. The van der Waals surface area contributed by atoms with E-state index in [1.165, 1.54) is 13.1 Å². The van der Waals surface area contributed by atoms with Crippen LogP contribution in [0.5, 0.6) is 0 Å². The molecule has 30 heavy (non-hydrogen) atoms. The summed E-state index contributed by atoms with van der Waals surface area (Å²) in [6.07, 6.45) is 0. The van der Waals surface area contributed by atoms with Crippen LogP contribution in [0.25, 0.3) is 0 Å². The minimum absolute atomic E-state index is 0.0781. The highest BCUT2D eigenvalue weighted by molar-refractivity contribution is 5.99. The Morgan fingerprint density at radius 3 is 2.13 bits per heavy atom. The Kier molecular flexibility index (Phi) is 7.63. The second-order valence-electron chi connectivity index (χ2n) is 7.24. The van der Waals surface area contributed by atoms with Gasteiger partial charge in [0.05, 0.1) is 0 Å². The molecule has 2 unspecified atom stereocenters. The van der Waals surface area contributed by atoms with Crippen LogP contribution < -0.4 is 16.0 Å². The first-order valence-electron chi connectivity index (χ1n) is 9.49. The summed E-state index contributed by atoms with van der Waals surface area (Å²) in [5.41, 5.74) is 1.26. The number of likely N-dealkylation sites (N-methyl/N-ethyl adjacent to an activating group) is 1. The lowest BCUT2D eigenvalue weighted by molar-refractivity contribution is -0.130. The van der Waals surface area contributed by atoms with Crippen LogP contribution in [0.4, 0.5) is 8.78 Å². The molecule has 0 saturated carbocycles. The molecule has 0 heterocycles. The summed E-state index contributed by atoms with van der Waals surface area (Å²) in [6.45, 7) is 5.27. The summed E-state index contributed by atoms with van der Waals surface area (Å²) in [5, 5.41) is 7.61. The van der Waals surface area contributed by atoms with E-state index in [0.717, 1.165) is 17.7 Å². The molecule has 2 atom stereocenters. The van der Waals surface area contributed by atoms with Gasteiger partial charge in [-0.25, -0.2) is 8.78 Å². The molecule has 2 rings (SSSR count). The lowest BCUT2D eigenvalue weighted by atomic mass is 10.00. The van der Waals surface area contributed by atoms with Gasteiger partial charge in [-0.3, -0.25) is 14.4 Å². The number of hydrogen-bond donors (Lipinski definition) is 3. The largest absolute Gasteiger partial charge is 0.357 e. The molecule has 0 saturated heterocycles. The highest BCUT2D eigenvalue weighted by Gasteiger charge is 2.30. The maximum Gasteiger partial charge on any atom is 0.252 e. The van der Waals surface area contributed by atoms with Crippen LogP contribution in [-0.4, -0.2) is 30.8 Å². The number of carbonyl (C=O) groups excluding carboxylic acids is 3. The first-order chi connectivity index (χ1) is 14.1. The Morgan fingerprint density at radius 2 is 1.57 bits per heavy atom. The third-order valence-electron chi connectivity index (χ3n) is 4.70. The van der Waals surface area contributed by atoms with Crippen LogP contribution in [0.15, 0.2) is 42.5 Å². The summed E-state index contributed by atoms with van der Waals surface area (Å²) in [6, 6.07) is 7.70. The van der Waals surface area contributed by atoms with E-state index in [-0.39, 0.29) is 11.5 Å². The van der Waals surface area contributed by atoms with Gasteiger partial charge < -0.3 is 16.0 Å². The topological polar surface area (TPSA) is 87.3 Å². The Balaban J connectivity index is 2.26. The molecule has 3 N–H and O–H groups in total. The van der Waals surface area contributed by atoms with Crippen LogP contribution in [0.2, 0.25) is 0 Å².